The minimum Gasteiger partial charge on any atom is -0.352 e. The Morgan fingerprint density at radius 2 is 1.64 bits per heavy atom. The fourth-order valence-corrected chi connectivity index (χ4v) is 2.71. The van der Waals surface area contributed by atoms with Crippen LogP contribution >= 0.6 is 11.6 Å². The number of anilines is 1. The average molecular weight is 402 g/mol. The minimum absolute atomic E-state index is 0.136. The number of amides is 3. The van der Waals surface area contributed by atoms with Gasteiger partial charge in [0, 0.05) is 28.4 Å². The Bertz CT molecular complexity index is 850. The van der Waals surface area contributed by atoms with Crippen molar-refractivity contribution in [3.63, 3.8) is 0 Å². The van der Waals surface area contributed by atoms with Gasteiger partial charge in [-0.15, -0.1) is 0 Å². The fourth-order valence-electron chi connectivity index (χ4n) is 2.58. The molecular weight excluding hydrogens is 378 g/mol. The van der Waals surface area contributed by atoms with Crippen LogP contribution in [-0.2, 0) is 4.79 Å². The number of carbonyl (C=O) groups excluding carboxylic acids is 3. The third kappa shape index (κ3) is 5.82. The van der Waals surface area contributed by atoms with E-state index in [-0.39, 0.29) is 23.6 Å². The van der Waals surface area contributed by atoms with Crippen molar-refractivity contribution in [2.75, 3.05) is 11.9 Å². The van der Waals surface area contributed by atoms with E-state index in [1.54, 1.807) is 48.5 Å². The van der Waals surface area contributed by atoms with Gasteiger partial charge in [0.1, 0.15) is 6.04 Å². The second kappa shape index (κ2) is 9.90. The molecule has 3 N–H and O–H groups in total. The second-order valence-corrected chi connectivity index (χ2v) is 7.07. The normalized spacial score (nSPS) is 11.6. The van der Waals surface area contributed by atoms with E-state index in [1.807, 2.05) is 20.8 Å². The molecule has 7 heteroatoms. The largest absolute Gasteiger partial charge is 0.352 e. The highest BCUT2D eigenvalue weighted by molar-refractivity contribution is 6.30. The summed E-state index contributed by atoms with van der Waals surface area (Å²) in [6.45, 7) is 6.04. The van der Waals surface area contributed by atoms with E-state index in [9.17, 15) is 14.4 Å². The van der Waals surface area contributed by atoms with Crippen LogP contribution in [0, 0.1) is 5.92 Å². The van der Waals surface area contributed by atoms with Crippen molar-refractivity contribution in [2.24, 2.45) is 5.92 Å². The van der Waals surface area contributed by atoms with E-state index >= 15 is 0 Å². The first-order chi connectivity index (χ1) is 13.3. The molecule has 2 aromatic carbocycles. The van der Waals surface area contributed by atoms with Crippen LogP contribution in [0.15, 0.2) is 48.5 Å². The zero-order valence-corrected chi connectivity index (χ0v) is 16.8. The summed E-state index contributed by atoms with van der Waals surface area (Å²) in [6.07, 6.45) is 0. The van der Waals surface area contributed by atoms with Gasteiger partial charge < -0.3 is 16.0 Å². The molecule has 3 amide bonds. The smallest absolute Gasteiger partial charge is 0.251 e. The SMILES string of the molecule is CCNC(=O)c1cccc(NC(=O)C(NC(=O)c2ccc(Cl)cc2)C(C)C)c1. The maximum Gasteiger partial charge on any atom is 0.251 e. The van der Waals surface area contributed by atoms with Crippen molar-refractivity contribution in [1.29, 1.82) is 0 Å². The van der Waals surface area contributed by atoms with Crippen LogP contribution < -0.4 is 16.0 Å². The molecule has 6 nitrogen and oxygen atoms in total. The van der Waals surface area contributed by atoms with Crippen LogP contribution in [0.5, 0.6) is 0 Å². The predicted octanol–water partition coefficient (Wildman–Crippen LogP) is 3.48. The van der Waals surface area contributed by atoms with Crippen molar-refractivity contribution in [3.8, 4) is 0 Å². The van der Waals surface area contributed by atoms with Gasteiger partial charge in [-0.25, -0.2) is 0 Å². The maximum absolute atomic E-state index is 12.7. The molecule has 148 valence electrons. The van der Waals surface area contributed by atoms with Gasteiger partial charge in [0.15, 0.2) is 0 Å². The molecule has 0 spiro atoms. The fraction of sp³-hybridized carbons (Fsp3) is 0.286. The van der Waals surface area contributed by atoms with E-state index in [0.717, 1.165) is 0 Å². The van der Waals surface area contributed by atoms with Crippen LogP contribution in [0.4, 0.5) is 5.69 Å². The molecule has 2 aromatic rings. The van der Waals surface area contributed by atoms with Crippen molar-refractivity contribution >= 4 is 35.0 Å². The summed E-state index contributed by atoms with van der Waals surface area (Å²) < 4.78 is 0. The van der Waals surface area contributed by atoms with E-state index in [0.29, 0.717) is 28.4 Å². The van der Waals surface area contributed by atoms with Gasteiger partial charge in [0.05, 0.1) is 0 Å². The molecule has 0 heterocycles. The van der Waals surface area contributed by atoms with Gasteiger partial charge >= 0.3 is 0 Å². The van der Waals surface area contributed by atoms with Crippen LogP contribution in [0.2, 0.25) is 5.02 Å². The molecule has 0 radical (unpaired) electrons. The Hall–Kier alpha value is -2.86. The molecule has 0 aliphatic carbocycles. The van der Waals surface area contributed by atoms with E-state index in [2.05, 4.69) is 16.0 Å². The van der Waals surface area contributed by atoms with Gasteiger partial charge in [-0.3, -0.25) is 14.4 Å². The number of halogens is 1. The molecule has 2 rings (SSSR count). The first-order valence-electron chi connectivity index (χ1n) is 9.07. The Kier molecular flexibility index (Phi) is 7.58. The lowest BCUT2D eigenvalue weighted by Gasteiger charge is -2.22. The lowest BCUT2D eigenvalue weighted by molar-refractivity contribution is -0.118. The molecule has 0 fully saturated rings. The third-order valence-electron chi connectivity index (χ3n) is 4.07. The predicted molar refractivity (Wildman–Crippen MR) is 111 cm³/mol. The standard InChI is InChI=1S/C21H24ClN3O3/c1-4-23-19(26)15-6-5-7-17(12-15)24-21(28)18(13(2)3)25-20(27)14-8-10-16(22)11-9-14/h5-13,18H,4H2,1-3H3,(H,23,26)(H,24,28)(H,25,27). The summed E-state index contributed by atoms with van der Waals surface area (Å²) in [5.41, 5.74) is 1.35. The lowest BCUT2D eigenvalue weighted by Crippen LogP contribution is -2.47. The zero-order valence-electron chi connectivity index (χ0n) is 16.1. The maximum atomic E-state index is 12.7. The Morgan fingerprint density at radius 3 is 2.25 bits per heavy atom. The average Bonchev–Trinajstić information content (AvgIpc) is 2.66. The van der Waals surface area contributed by atoms with Gasteiger partial charge in [0.25, 0.3) is 11.8 Å². The van der Waals surface area contributed by atoms with Crippen molar-refractivity contribution in [2.45, 2.75) is 26.8 Å². The third-order valence-corrected chi connectivity index (χ3v) is 4.32. The summed E-state index contributed by atoms with van der Waals surface area (Å²) in [5.74, 6) is -1.06. The van der Waals surface area contributed by atoms with Crippen LogP contribution in [-0.4, -0.2) is 30.3 Å². The van der Waals surface area contributed by atoms with Gasteiger partial charge in [-0.1, -0.05) is 31.5 Å². The molecule has 0 aliphatic rings. The van der Waals surface area contributed by atoms with Crippen molar-refractivity contribution in [1.82, 2.24) is 10.6 Å². The minimum atomic E-state index is -0.740. The molecule has 0 aliphatic heterocycles. The first-order valence-corrected chi connectivity index (χ1v) is 9.45. The van der Waals surface area contributed by atoms with E-state index < -0.39 is 6.04 Å². The highest BCUT2D eigenvalue weighted by Gasteiger charge is 2.25. The quantitative estimate of drug-likeness (QED) is 0.663. The van der Waals surface area contributed by atoms with Crippen molar-refractivity contribution < 1.29 is 14.4 Å². The number of carbonyl (C=O) groups is 3. The monoisotopic (exact) mass is 401 g/mol. The Balaban J connectivity index is 2.10. The van der Waals surface area contributed by atoms with Gasteiger partial charge in [-0.05, 0) is 55.3 Å². The number of rotatable bonds is 7. The highest BCUT2D eigenvalue weighted by atomic mass is 35.5. The Labute approximate surface area is 169 Å². The number of hydrogen-bond donors (Lipinski definition) is 3. The molecule has 0 bridgehead atoms. The first kappa shape index (κ1) is 21.4. The second-order valence-electron chi connectivity index (χ2n) is 6.63. The summed E-state index contributed by atoms with van der Waals surface area (Å²) >= 11 is 5.84. The van der Waals surface area contributed by atoms with E-state index in [1.165, 1.54) is 0 Å². The highest BCUT2D eigenvalue weighted by Crippen LogP contribution is 2.14. The molecule has 1 atom stereocenters. The number of nitrogens with one attached hydrogen (secondary N) is 3. The molecule has 1 unspecified atom stereocenters. The summed E-state index contributed by atoms with van der Waals surface area (Å²) in [4.78, 5) is 37.2. The molecule has 28 heavy (non-hydrogen) atoms. The van der Waals surface area contributed by atoms with Crippen molar-refractivity contribution in [3.05, 3.63) is 64.7 Å². The van der Waals surface area contributed by atoms with Gasteiger partial charge in [-0.2, -0.15) is 0 Å². The number of benzene rings is 2. The molecule has 0 saturated carbocycles. The topological polar surface area (TPSA) is 87.3 Å². The zero-order chi connectivity index (χ0) is 20.7. The summed E-state index contributed by atoms with van der Waals surface area (Å²) in [5, 5.41) is 8.77. The molecular formula is C21H24ClN3O3. The Morgan fingerprint density at radius 1 is 0.964 bits per heavy atom. The van der Waals surface area contributed by atoms with Crippen LogP contribution in [0.1, 0.15) is 41.5 Å². The molecule has 0 aromatic heterocycles. The van der Waals surface area contributed by atoms with Crippen LogP contribution in [0.25, 0.3) is 0 Å². The lowest BCUT2D eigenvalue weighted by atomic mass is 10.0. The van der Waals surface area contributed by atoms with E-state index in [4.69, 9.17) is 11.6 Å². The van der Waals surface area contributed by atoms with Gasteiger partial charge in [0.2, 0.25) is 5.91 Å². The summed E-state index contributed by atoms with van der Waals surface area (Å²) in [6, 6.07) is 12.4. The molecule has 0 saturated heterocycles. The number of hydrogen-bond acceptors (Lipinski definition) is 3. The van der Waals surface area contributed by atoms with Crippen LogP contribution in [0.3, 0.4) is 0 Å². The summed E-state index contributed by atoms with van der Waals surface area (Å²) in [7, 11) is 0.